The van der Waals surface area contributed by atoms with Gasteiger partial charge in [0.25, 0.3) is 0 Å². The van der Waals surface area contributed by atoms with Gasteiger partial charge in [-0.2, -0.15) is 0 Å². The minimum absolute atomic E-state index is 0.0938. The van der Waals surface area contributed by atoms with Crippen LogP contribution in [0.25, 0.3) is 0 Å². The fourth-order valence-electron chi connectivity index (χ4n) is 2.93. The van der Waals surface area contributed by atoms with E-state index in [1.54, 1.807) is 17.8 Å². The number of benzene rings is 2. The summed E-state index contributed by atoms with van der Waals surface area (Å²) in [6, 6.07) is 16.5. The Kier molecular flexibility index (Phi) is 5.88. The fourth-order valence-corrected chi connectivity index (χ4v) is 3.79. The van der Waals surface area contributed by atoms with E-state index in [2.05, 4.69) is 17.4 Å². The van der Waals surface area contributed by atoms with Gasteiger partial charge < -0.3 is 10.2 Å². The number of piperazine rings is 1. The summed E-state index contributed by atoms with van der Waals surface area (Å²) in [7, 11) is 0. The Labute approximate surface area is 146 Å². The van der Waals surface area contributed by atoms with E-state index in [0.29, 0.717) is 19.5 Å². The van der Waals surface area contributed by atoms with Gasteiger partial charge in [0.05, 0.1) is 6.04 Å². The average molecular weight is 344 g/mol. The van der Waals surface area contributed by atoms with Crippen molar-refractivity contribution in [2.24, 2.45) is 0 Å². The zero-order chi connectivity index (χ0) is 16.8. The van der Waals surface area contributed by atoms with Gasteiger partial charge in [-0.1, -0.05) is 30.3 Å². The molecule has 1 aliphatic heterocycles. The first-order chi connectivity index (χ1) is 11.7. The highest BCUT2D eigenvalue weighted by atomic mass is 32.2. The topological polar surface area (TPSA) is 32.3 Å². The molecule has 1 heterocycles. The molecule has 2 aromatic carbocycles. The van der Waals surface area contributed by atoms with E-state index in [4.69, 9.17) is 0 Å². The minimum Gasteiger partial charge on any atom is -0.333 e. The Hall–Kier alpha value is -1.85. The van der Waals surface area contributed by atoms with Crippen LogP contribution in [0, 0.1) is 5.82 Å². The van der Waals surface area contributed by atoms with Crippen LogP contribution < -0.4 is 5.32 Å². The number of halogens is 1. The van der Waals surface area contributed by atoms with Crippen molar-refractivity contribution < 1.29 is 9.18 Å². The maximum atomic E-state index is 13.5. The third-order valence-corrected chi connectivity index (χ3v) is 5.14. The molecule has 1 N–H and O–H groups in total. The van der Waals surface area contributed by atoms with Crippen LogP contribution in [0.2, 0.25) is 0 Å². The van der Waals surface area contributed by atoms with E-state index < -0.39 is 0 Å². The Morgan fingerprint density at radius 3 is 2.83 bits per heavy atom. The zero-order valence-electron chi connectivity index (χ0n) is 13.5. The SMILES string of the molecule is O=C(CCSc1ccccc1)N1CCNCC1c1cccc(F)c1. The number of nitrogens with one attached hydrogen (secondary N) is 1. The molecular weight excluding hydrogens is 323 g/mol. The van der Waals surface area contributed by atoms with Gasteiger partial charge in [-0.3, -0.25) is 4.79 Å². The monoisotopic (exact) mass is 344 g/mol. The third-order valence-electron chi connectivity index (χ3n) is 4.13. The van der Waals surface area contributed by atoms with E-state index in [-0.39, 0.29) is 17.8 Å². The quantitative estimate of drug-likeness (QED) is 0.843. The van der Waals surface area contributed by atoms with Crippen molar-refractivity contribution in [1.29, 1.82) is 0 Å². The molecule has 1 saturated heterocycles. The number of nitrogens with zero attached hydrogens (tertiary/aromatic N) is 1. The number of carbonyl (C=O) groups is 1. The summed E-state index contributed by atoms with van der Waals surface area (Å²) in [5.74, 6) is 0.627. The van der Waals surface area contributed by atoms with Gasteiger partial charge in [0.2, 0.25) is 5.91 Å². The summed E-state index contributed by atoms with van der Waals surface area (Å²) in [5.41, 5.74) is 0.853. The predicted octanol–water partition coefficient (Wildman–Crippen LogP) is 3.48. The van der Waals surface area contributed by atoms with Crippen molar-refractivity contribution in [3.05, 3.63) is 66.0 Å². The highest BCUT2D eigenvalue weighted by Crippen LogP contribution is 2.25. The molecule has 0 spiro atoms. The van der Waals surface area contributed by atoms with E-state index in [1.807, 2.05) is 29.2 Å². The van der Waals surface area contributed by atoms with Gasteiger partial charge in [0.15, 0.2) is 0 Å². The zero-order valence-corrected chi connectivity index (χ0v) is 14.3. The van der Waals surface area contributed by atoms with E-state index in [1.165, 1.54) is 17.0 Å². The molecule has 5 heteroatoms. The molecule has 1 amide bonds. The van der Waals surface area contributed by atoms with Gasteiger partial charge in [-0.15, -0.1) is 11.8 Å². The maximum Gasteiger partial charge on any atom is 0.224 e. The van der Waals surface area contributed by atoms with Crippen molar-refractivity contribution in [1.82, 2.24) is 10.2 Å². The lowest BCUT2D eigenvalue weighted by atomic mass is 10.0. The molecular formula is C19H21FN2OS. The Bertz CT molecular complexity index is 680. The van der Waals surface area contributed by atoms with Crippen LogP contribution in [-0.4, -0.2) is 36.2 Å². The predicted molar refractivity (Wildman–Crippen MR) is 95.5 cm³/mol. The van der Waals surface area contributed by atoms with Crippen molar-refractivity contribution >= 4 is 17.7 Å². The van der Waals surface area contributed by atoms with Crippen LogP contribution in [-0.2, 0) is 4.79 Å². The van der Waals surface area contributed by atoms with Crippen molar-refractivity contribution in [3.8, 4) is 0 Å². The fraction of sp³-hybridized carbons (Fsp3) is 0.316. The van der Waals surface area contributed by atoms with Gasteiger partial charge >= 0.3 is 0 Å². The molecule has 1 fully saturated rings. The molecule has 0 aliphatic carbocycles. The van der Waals surface area contributed by atoms with Gasteiger partial charge in [0, 0.05) is 36.7 Å². The molecule has 1 atom stereocenters. The Balaban J connectivity index is 1.61. The second kappa shape index (κ2) is 8.31. The number of thioether (sulfide) groups is 1. The Morgan fingerprint density at radius 2 is 2.04 bits per heavy atom. The molecule has 0 radical (unpaired) electrons. The third kappa shape index (κ3) is 4.36. The molecule has 24 heavy (non-hydrogen) atoms. The summed E-state index contributed by atoms with van der Waals surface area (Å²) < 4.78 is 13.5. The van der Waals surface area contributed by atoms with Gasteiger partial charge in [-0.05, 0) is 29.8 Å². The first kappa shape index (κ1) is 17.0. The van der Waals surface area contributed by atoms with Gasteiger partial charge in [-0.25, -0.2) is 4.39 Å². The largest absolute Gasteiger partial charge is 0.333 e. The van der Waals surface area contributed by atoms with Crippen molar-refractivity contribution in [2.45, 2.75) is 17.4 Å². The second-order valence-corrected chi connectivity index (χ2v) is 6.94. The average Bonchev–Trinajstić information content (AvgIpc) is 2.62. The highest BCUT2D eigenvalue weighted by Gasteiger charge is 2.27. The van der Waals surface area contributed by atoms with Gasteiger partial charge in [0.1, 0.15) is 5.82 Å². The first-order valence-corrected chi connectivity index (χ1v) is 9.16. The standard InChI is InChI=1S/C19H21FN2OS/c20-16-6-4-5-15(13-16)18-14-21-10-11-22(18)19(23)9-12-24-17-7-2-1-3-8-17/h1-8,13,18,21H,9-12,14H2. The second-order valence-electron chi connectivity index (χ2n) is 5.77. The lowest BCUT2D eigenvalue weighted by molar-refractivity contribution is -0.134. The number of rotatable bonds is 5. The maximum absolute atomic E-state index is 13.5. The molecule has 126 valence electrons. The van der Waals surface area contributed by atoms with E-state index in [0.717, 1.165) is 17.9 Å². The van der Waals surface area contributed by atoms with Crippen LogP contribution in [0.3, 0.4) is 0 Å². The summed E-state index contributed by atoms with van der Waals surface area (Å²) >= 11 is 1.69. The molecule has 0 bridgehead atoms. The minimum atomic E-state index is -0.259. The molecule has 1 unspecified atom stereocenters. The summed E-state index contributed by atoms with van der Waals surface area (Å²) in [6.45, 7) is 2.11. The lowest BCUT2D eigenvalue weighted by Gasteiger charge is -2.36. The van der Waals surface area contributed by atoms with Crippen LogP contribution in [0.1, 0.15) is 18.0 Å². The number of carbonyl (C=O) groups excluding carboxylic acids is 1. The normalized spacial score (nSPS) is 17.7. The van der Waals surface area contributed by atoms with Crippen LogP contribution in [0.15, 0.2) is 59.5 Å². The highest BCUT2D eigenvalue weighted by molar-refractivity contribution is 7.99. The van der Waals surface area contributed by atoms with Crippen molar-refractivity contribution in [2.75, 3.05) is 25.4 Å². The summed E-state index contributed by atoms with van der Waals surface area (Å²) in [4.78, 5) is 15.7. The number of hydrogen-bond donors (Lipinski definition) is 1. The van der Waals surface area contributed by atoms with Crippen molar-refractivity contribution in [3.63, 3.8) is 0 Å². The summed E-state index contributed by atoms with van der Waals surface area (Å²) in [5, 5.41) is 3.30. The number of amides is 1. The molecule has 2 aromatic rings. The van der Waals surface area contributed by atoms with Crippen LogP contribution in [0.4, 0.5) is 4.39 Å². The Morgan fingerprint density at radius 1 is 1.21 bits per heavy atom. The molecule has 3 nitrogen and oxygen atoms in total. The van der Waals surface area contributed by atoms with E-state index in [9.17, 15) is 9.18 Å². The molecule has 1 aliphatic rings. The van der Waals surface area contributed by atoms with Crippen LogP contribution >= 0.6 is 11.8 Å². The lowest BCUT2D eigenvalue weighted by Crippen LogP contribution is -2.48. The molecule has 0 saturated carbocycles. The number of hydrogen-bond acceptors (Lipinski definition) is 3. The van der Waals surface area contributed by atoms with Crippen LogP contribution in [0.5, 0.6) is 0 Å². The smallest absolute Gasteiger partial charge is 0.224 e. The summed E-state index contributed by atoms with van der Waals surface area (Å²) in [6.07, 6.45) is 0.491. The van der Waals surface area contributed by atoms with E-state index >= 15 is 0 Å². The molecule has 0 aromatic heterocycles. The first-order valence-electron chi connectivity index (χ1n) is 8.17. The molecule has 3 rings (SSSR count).